The van der Waals surface area contributed by atoms with Gasteiger partial charge in [-0.05, 0) is 44.2 Å². The van der Waals surface area contributed by atoms with Crippen molar-refractivity contribution in [3.63, 3.8) is 0 Å². The summed E-state index contributed by atoms with van der Waals surface area (Å²) in [6.07, 6.45) is 0.698. The number of H-pyrrole nitrogens is 1. The lowest BCUT2D eigenvalue weighted by Crippen LogP contribution is -2.53. The Morgan fingerprint density at radius 3 is 2.87 bits per heavy atom. The van der Waals surface area contributed by atoms with Crippen molar-refractivity contribution < 1.29 is 14.6 Å². The second-order valence-electron chi connectivity index (χ2n) is 6.05. The molecule has 1 aromatic heterocycles. The summed E-state index contributed by atoms with van der Waals surface area (Å²) < 4.78 is 5.82. The molecule has 0 saturated carbocycles. The molecule has 6 heteroatoms. The van der Waals surface area contributed by atoms with Crippen LogP contribution in [0.25, 0.3) is 0 Å². The summed E-state index contributed by atoms with van der Waals surface area (Å²) in [5.41, 5.74) is 0.572. The van der Waals surface area contributed by atoms with Gasteiger partial charge < -0.3 is 20.1 Å². The van der Waals surface area contributed by atoms with Crippen molar-refractivity contribution in [2.24, 2.45) is 0 Å². The van der Waals surface area contributed by atoms with Crippen LogP contribution in [0.3, 0.4) is 0 Å². The first-order chi connectivity index (χ1) is 10.9. The van der Waals surface area contributed by atoms with Crippen molar-refractivity contribution >= 4 is 5.91 Å². The largest absolute Gasteiger partial charge is 0.485 e. The number of aromatic nitrogens is 1. The van der Waals surface area contributed by atoms with E-state index in [1.54, 1.807) is 50.4 Å². The molecule has 0 aliphatic carbocycles. The van der Waals surface area contributed by atoms with Gasteiger partial charge >= 0.3 is 0 Å². The molecule has 1 aliphatic heterocycles. The summed E-state index contributed by atoms with van der Waals surface area (Å²) in [6, 6.07) is 9.74. The van der Waals surface area contributed by atoms with Crippen LogP contribution >= 0.6 is 0 Å². The van der Waals surface area contributed by atoms with Crippen LogP contribution in [0.15, 0.2) is 36.5 Å². The second-order valence-corrected chi connectivity index (χ2v) is 6.05. The van der Waals surface area contributed by atoms with Gasteiger partial charge in [0.15, 0.2) is 0 Å². The van der Waals surface area contributed by atoms with Gasteiger partial charge in [-0.25, -0.2) is 0 Å². The average Bonchev–Trinajstić information content (AvgIpc) is 3.05. The maximum Gasteiger partial charge on any atom is 0.268 e. The van der Waals surface area contributed by atoms with Crippen LogP contribution in [-0.2, 0) is 0 Å². The molecule has 2 aromatic rings. The molecule has 23 heavy (non-hydrogen) atoms. The number of hydrogen-bond donors (Lipinski definition) is 3. The molecule has 0 bridgehead atoms. The normalized spacial score (nSPS) is 21.7. The van der Waals surface area contributed by atoms with E-state index in [1.807, 2.05) is 0 Å². The number of benzene rings is 1. The monoisotopic (exact) mass is 311 g/mol. The van der Waals surface area contributed by atoms with Crippen molar-refractivity contribution in [1.82, 2.24) is 10.3 Å². The molecule has 1 aromatic carbocycles. The highest BCUT2D eigenvalue weighted by molar-refractivity contribution is 5.92. The van der Waals surface area contributed by atoms with Gasteiger partial charge in [-0.1, -0.05) is 0 Å². The lowest BCUT2D eigenvalue weighted by atomic mass is 9.86. The third-order valence-corrected chi connectivity index (χ3v) is 4.00. The van der Waals surface area contributed by atoms with E-state index in [0.29, 0.717) is 22.6 Å². The molecule has 0 unspecified atom stereocenters. The fraction of sp³-hybridized carbons (Fsp3) is 0.294. The Kier molecular flexibility index (Phi) is 3.58. The van der Waals surface area contributed by atoms with Crippen LogP contribution in [0.2, 0.25) is 0 Å². The minimum Gasteiger partial charge on any atom is -0.485 e. The first-order valence-electron chi connectivity index (χ1n) is 7.28. The van der Waals surface area contributed by atoms with Gasteiger partial charge in [0, 0.05) is 11.8 Å². The molecule has 0 spiro atoms. The number of nitriles is 1. The molecule has 2 heterocycles. The number of rotatable bonds is 2. The molecule has 1 amide bonds. The third-order valence-electron chi connectivity index (χ3n) is 4.00. The first-order valence-corrected chi connectivity index (χ1v) is 7.28. The fourth-order valence-corrected chi connectivity index (χ4v) is 2.72. The molecule has 3 rings (SSSR count). The Balaban J connectivity index is 2.00. The number of aromatic amines is 1. The van der Waals surface area contributed by atoms with Gasteiger partial charge in [0.25, 0.3) is 5.91 Å². The highest BCUT2D eigenvalue weighted by Crippen LogP contribution is 2.40. The molecule has 3 N–H and O–H groups in total. The van der Waals surface area contributed by atoms with Gasteiger partial charge in [-0.2, -0.15) is 5.26 Å². The molecule has 0 radical (unpaired) electrons. The smallest absolute Gasteiger partial charge is 0.268 e. The Morgan fingerprint density at radius 2 is 2.22 bits per heavy atom. The summed E-state index contributed by atoms with van der Waals surface area (Å²) in [6.45, 7) is 3.51. The average molecular weight is 311 g/mol. The Morgan fingerprint density at radius 1 is 1.43 bits per heavy atom. The van der Waals surface area contributed by atoms with Crippen LogP contribution < -0.4 is 10.1 Å². The second kappa shape index (κ2) is 5.45. The summed E-state index contributed by atoms with van der Waals surface area (Å²) in [4.78, 5) is 15.2. The summed E-state index contributed by atoms with van der Waals surface area (Å²) >= 11 is 0. The number of ether oxygens (including phenoxy) is 1. The first kappa shape index (κ1) is 15.1. The number of hydrogen-bond acceptors (Lipinski definition) is 4. The lowest BCUT2D eigenvalue weighted by molar-refractivity contribution is -0.0628. The van der Waals surface area contributed by atoms with E-state index in [1.165, 1.54) is 0 Å². The number of fused-ring (bicyclic) bond motifs is 1. The van der Waals surface area contributed by atoms with Gasteiger partial charge in [-0.3, -0.25) is 4.79 Å². The molecular weight excluding hydrogens is 294 g/mol. The zero-order valence-electron chi connectivity index (χ0n) is 12.8. The summed E-state index contributed by atoms with van der Waals surface area (Å²) in [5, 5.41) is 22.5. The SMILES string of the molecule is CC1(C)Oc2ccc(C#N)cc2[C@@H](NC(=O)c2ccc[nH]2)[C@@H]1O. The predicted molar refractivity (Wildman–Crippen MR) is 82.9 cm³/mol. The molecular formula is C17H17N3O3. The number of nitrogens with zero attached hydrogens (tertiary/aromatic N) is 1. The Labute approximate surface area is 133 Å². The lowest BCUT2D eigenvalue weighted by Gasteiger charge is -2.42. The van der Waals surface area contributed by atoms with Gasteiger partial charge in [-0.15, -0.1) is 0 Å². The van der Waals surface area contributed by atoms with E-state index in [2.05, 4.69) is 16.4 Å². The van der Waals surface area contributed by atoms with Crippen LogP contribution in [-0.4, -0.2) is 27.7 Å². The van der Waals surface area contributed by atoms with Crippen LogP contribution in [0.5, 0.6) is 5.75 Å². The maximum atomic E-state index is 12.3. The predicted octanol–water partition coefficient (Wildman–Crippen LogP) is 1.89. The fourth-order valence-electron chi connectivity index (χ4n) is 2.72. The standard InChI is InChI=1S/C17H17N3O3/c1-17(2)15(21)14(20-16(22)12-4-3-7-19-12)11-8-10(9-18)5-6-13(11)23-17/h3-8,14-15,19,21H,1-2H3,(H,20,22)/t14-,15+/m1/s1. The van der Waals surface area contributed by atoms with E-state index < -0.39 is 17.7 Å². The number of amides is 1. The summed E-state index contributed by atoms with van der Waals surface area (Å²) in [7, 11) is 0. The molecule has 118 valence electrons. The van der Waals surface area contributed by atoms with E-state index >= 15 is 0 Å². The minimum atomic E-state index is -0.956. The van der Waals surface area contributed by atoms with Crippen molar-refractivity contribution in [3.8, 4) is 11.8 Å². The number of nitrogens with one attached hydrogen (secondary N) is 2. The molecule has 6 nitrogen and oxygen atoms in total. The maximum absolute atomic E-state index is 12.3. The minimum absolute atomic E-state index is 0.329. The Hall–Kier alpha value is -2.78. The number of carbonyl (C=O) groups is 1. The van der Waals surface area contributed by atoms with Crippen LogP contribution in [0, 0.1) is 11.3 Å². The molecule has 0 saturated heterocycles. The quantitative estimate of drug-likeness (QED) is 0.788. The van der Waals surface area contributed by atoms with Crippen molar-refractivity contribution in [2.75, 3.05) is 0 Å². The van der Waals surface area contributed by atoms with Gasteiger partial charge in [0.2, 0.25) is 0 Å². The topological polar surface area (TPSA) is 98.1 Å². The van der Waals surface area contributed by atoms with E-state index in [9.17, 15) is 9.90 Å². The zero-order valence-corrected chi connectivity index (χ0v) is 12.8. The third kappa shape index (κ3) is 2.67. The summed E-state index contributed by atoms with van der Waals surface area (Å²) in [5.74, 6) is 0.223. The number of aliphatic hydroxyl groups is 1. The molecule has 0 fully saturated rings. The number of carbonyl (C=O) groups excluding carboxylic acids is 1. The Bertz CT molecular complexity index is 775. The van der Waals surface area contributed by atoms with E-state index in [0.717, 1.165) is 0 Å². The van der Waals surface area contributed by atoms with Crippen molar-refractivity contribution in [1.29, 1.82) is 5.26 Å². The van der Waals surface area contributed by atoms with Crippen LogP contribution in [0.1, 0.15) is 41.5 Å². The van der Waals surface area contributed by atoms with Gasteiger partial charge in [0.05, 0.1) is 17.7 Å². The van der Waals surface area contributed by atoms with Crippen molar-refractivity contribution in [2.45, 2.75) is 31.6 Å². The molecule has 2 atom stereocenters. The highest BCUT2D eigenvalue weighted by atomic mass is 16.5. The van der Waals surface area contributed by atoms with E-state index in [4.69, 9.17) is 10.00 Å². The van der Waals surface area contributed by atoms with Crippen LogP contribution in [0.4, 0.5) is 0 Å². The van der Waals surface area contributed by atoms with Crippen molar-refractivity contribution in [3.05, 3.63) is 53.3 Å². The van der Waals surface area contributed by atoms with E-state index in [-0.39, 0.29) is 5.91 Å². The molecule has 1 aliphatic rings. The number of aliphatic hydroxyl groups excluding tert-OH is 1. The highest BCUT2D eigenvalue weighted by Gasteiger charge is 2.43. The van der Waals surface area contributed by atoms with Gasteiger partial charge in [0.1, 0.15) is 23.1 Å². The zero-order chi connectivity index (χ0) is 16.6.